The summed E-state index contributed by atoms with van der Waals surface area (Å²) < 4.78 is 20.1. The van der Waals surface area contributed by atoms with E-state index in [2.05, 4.69) is 15.1 Å². The zero-order chi connectivity index (χ0) is 13.0. The molecule has 0 radical (unpaired) electrons. The van der Waals surface area contributed by atoms with Crippen molar-refractivity contribution in [2.75, 3.05) is 0 Å². The van der Waals surface area contributed by atoms with E-state index in [0.717, 1.165) is 11.6 Å². The van der Waals surface area contributed by atoms with Crippen LogP contribution in [0.5, 0.6) is 5.75 Å². The zero-order valence-electron chi connectivity index (χ0n) is 9.62. The summed E-state index contributed by atoms with van der Waals surface area (Å²) in [5.41, 5.74) is 9.39. The number of hydrogen-bond donors (Lipinski definition) is 0. The van der Waals surface area contributed by atoms with Crippen molar-refractivity contribution in [3.63, 3.8) is 0 Å². The molecule has 6 nitrogen and oxygen atoms in total. The number of hydrogen-bond acceptors (Lipinski definition) is 3. The largest absolute Gasteiger partial charge is 0.488 e. The van der Waals surface area contributed by atoms with Gasteiger partial charge >= 0.3 is 0 Å². The molecule has 0 fully saturated rings. The molecular formula is C11H10FN5O. The van der Waals surface area contributed by atoms with Crippen molar-refractivity contribution in [3.05, 3.63) is 52.4 Å². The van der Waals surface area contributed by atoms with Crippen LogP contribution in [0.3, 0.4) is 0 Å². The molecule has 18 heavy (non-hydrogen) atoms. The van der Waals surface area contributed by atoms with E-state index in [9.17, 15) is 4.39 Å². The van der Waals surface area contributed by atoms with Crippen LogP contribution in [-0.2, 0) is 13.7 Å². The van der Waals surface area contributed by atoms with Gasteiger partial charge in [0.2, 0.25) is 0 Å². The molecule has 0 unspecified atom stereocenters. The van der Waals surface area contributed by atoms with E-state index in [1.54, 1.807) is 24.1 Å². The van der Waals surface area contributed by atoms with Crippen LogP contribution in [0, 0.1) is 5.82 Å². The molecule has 0 aliphatic carbocycles. The molecule has 0 atom stereocenters. The number of aryl methyl sites for hydroxylation is 1. The number of nitrogens with zero attached hydrogens (tertiary/aromatic N) is 5. The number of aromatic nitrogens is 2. The Kier molecular flexibility index (Phi) is 3.45. The Labute approximate surface area is 102 Å². The average Bonchev–Trinajstić information content (AvgIpc) is 2.75. The number of azide groups is 1. The molecule has 0 aliphatic heterocycles. The summed E-state index contributed by atoms with van der Waals surface area (Å²) in [4.78, 5) is 2.63. The third-order valence-corrected chi connectivity index (χ3v) is 2.23. The van der Waals surface area contributed by atoms with Gasteiger partial charge < -0.3 is 4.74 Å². The molecule has 92 valence electrons. The first-order chi connectivity index (χ1) is 8.69. The molecule has 0 saturated carbocycles. The lowest BCUT2D eigenvalue weighted by atomic mass is 10.3. The van der Waals surface area contributed by atoms with Gasteiger partial charge in [-0.25, -0.2) is 4.39 Å². The molecule has 2 aromatic rings. The highest BCUT2D eigenvalue weighted by molar-refractivity contribution is 5.51. The maximum atomic E-state index is 13.0. The van der Waals surface area contributed by atoms with Gasteiger partial charge in [-0.2, -0.15) is 5.10 Å². The van der Waals surface area contributed by atoms with Gasteiger partial charge in [0.25, 0.3) is 0 Å². The van der Waals surface area contributed by atoms with Gasteiger partial charge in [0.05, 0.1) is 11.9 Å². The van der Waals surface area contributed by atoms with Crippen LogP contribution in [-0.4, -0.2) is 9.78 Å². The van der Waals surface area contributed by atoms with E-state index in [1.807, 2.05) is 0 Å². The standard InChI is InChI=1S/C11H10FN5O/c1-17-6-8(5-14-17)7-18-11-3-2-9(12)4-10(11)15-16-13/h2-6H,7H2,1H3. The second kappa shape index (κ2) is 5.20. The lowest BCUT2D eigenvalue weighted by molar-refractivity contribution is 0.307. The maximum Gasteiger partial charge on any atom is 0.129 e. The van der Waals surface area contributed by atoms with Gasteiger partial charge in [-0.3, -0.25) is 4.68 Å². The third-order valence-electron chi connectivity index (χ3n) is 2.23. The minimum Gasteiger partial charge on any atom is -0.488 e. The highest BCUT2D eigenvalue weighted by atomic mass is 19.1. The number of halogens is 1. The first-order valence-corrected chi connectivity index (χ1v) is 5.14. The van der Waals surface area contributed by atoms with Crippen LogP contribution in [0.1, 0.15) is 5.56 Å². The van der Waals surface area contributed by atoms with E-state index >= 15 is 0 Å². The summed E-state index contributed by atoms with van der Waals surface area (Å²) in [7, 11) is 1.80. The molecular weight excluding hydrogens is 237 g/mol. The van der Waals surface area contributed by atoms with Gasteiger partial charge in [-0.05, 0) is 23.7 Å². The molecule has 1 aromatic carbocycles. The number of rotatable bonds is 4. The summed E-state index contributed by atoms with van der Waals surface area (Å²) in [6, 6.07) is 3.79. The lowest BCUT2D eigenvalue weighted by Gasteiger charge is -2.07. The zero-order valence-corrected chi connectivity index (χ0v) is 9.62. The van der Waals surface area contributed by atoms with Gasteiger partial charge in [0.1, 0.15) is 18.2 Å². The minimum absolute atomic E-state index is 0.126. The molecule has 2 rings (SSSR count). The summed E-state index contributed by atoms with van der Waals surface area (Å²) in [6.45, 7) is 0.271. The van der Waals surface area contributed by atoms with E-state index in [1.165, 1.54) is 12.1 Å². The second-order valence-electron chi connectivity index (χ2n) is 3.61. The summed E-state index contributed by atoms with van der Waals surface area (Å²) >= 11 is 0. The van der Waals surface area contributed by atoms with Crippen molar-refractivity contribution in [1.82, 2.24) is 9.78 Å². The van der Waals surface area contributed by atoms with Crippen LogP contribution >= 0.6 is 0 Å². The molecule has 0 aliphatic rings. The van der Waals surface area contributed by atoms with Crippen molar-refractivity contribution in [2.24, 2.45) is 12.2 Å². The average molecular weight is 247 g/mol. The fraction of sp³-hybridized carbons (Fsp3) is 0.182. The van der Waals surface area contributed by atoms with Crippen LogP contribution < -0.4 is 4.74 Å². The third kappa shape index (κ3) is 2.78. The normalized spacial score (nSPS) is 9.89. The van der Waals surface area contributed by atoms with Crippen LogP contribution in [0.2, 0.25) is 0 Å². The molecule has 0 bridgehead atoms. The fourth-order valence-corrected chi connectivity index (χ4v) is 1.45. The van der Waals surface area contributed by atoms with Crippen molar-refractivity contribution in [3.8, 4) is 5.75 Å². The monoisotopic (exact) mass is 247 g/mol. The summed E-state index contributed by atoms with van der Waals surface area (Å²) in [6.07, 6.45) is 3.47. The second-order valence-corrected chi connectivity index (χ2v) is 3.61. The van der Waals surface area contributed by atoms with Gasteiger partial charge in [0, 0.05) is 23.7 Å². The topological polar surface area (TPSA) is 75.8 Å². The summed E-state index contributed by atoms with van der Waals surface area (Å²) in [5.74, 6) is -0.149. The van der Waals surface area contributed by atoms with Crippen LogP contribution in [0.4, 0.5) is 10.1 Å². The van der Waals surface area contributed by atoms with E-state index < -0.39 is 5.82 Å². The molecule has 1 aromatic heterocycles. The van der Waals surface area contributed by atoms with E-state index in [0.29, 0.717) is 5.75 Å². The Morgan fingerprint density at radius 2 is 2.39 bits per heavy atom. The Balaban J connectivity index is 2.15. The Bertz CT molecular complexity index is 603. The lowest BCUT2D eigenvalue weighted by Crippen LogP contribution is -1.94. The van der Waals surface area contributed by atoms with Gasteiger partial charge in [-0.1, -0.05) is 5.11 Å². The highest BCUT2D eigenvalue weighted by Crippen LogP contribution is 2.29. The minimum atomic E-state index is -0.480. The highest BCUT2D eigenvalue weighted by Gasteiger charge is 2.05. The smallest absolute Gasteiger partial charge is 0.129 e. The predicted octanol–water partition coefficient (Wildman–Crippen LogP) is 3.08. The van der Waals surface area contributed by atoms with Gasteiger partial charge in [-0.15, -0.1) is 0 Å². The SMILES string of the molecule is Cn1cc(COc2ccc(F)cc2N=[N+]=[N-])cn1. The van der Waals surface area contributed by atoms with Crippen LogP contribution in [0.25, 0.3) is 10.4 Å². The van der Waals surface area contributed by atoms with E-state index in [4.69, 9.17) is 10.3 Å². The number of ether oxygens (including phenoxy) is 1. The molecule has 0 spiro atoms. The Morgan fingerprint density at radius 1 is 1.56 bits per heavy atom. The Morgan fingerprint density at radius 3 is 3.06 bits per heavy atom. The van der Waals surface area contributed by atoms with Gasteiger partial charge in [0.15, 0.2) is 0 Å². The molecule has 0 saturated heterocycles. The quantitative estimate of drug-likeness (QED) is 0.473. The first-order valence-electron chi connectivity index (χ1n) is 5.14. The Hall–Kier alpha value is -2.53. The molecule has 7 heteroatoms. The molecule has 0 N–H and O–H groups in total. The maximum absolute atomic E-state index is 13.0. The van der Waals surface area contributed by atoms with Crippen molar-refractivity contribution < 1.29 is 9.13 Å². The molecule has 1 heterocycles. The van der Waals surface area contributed by atoms with Crippen LogP contribution in [0.15, 0.2) is 35.7 Å². The number of benzene rings is 1. The summed E-state index contributed by atoms with van der Waals surface area (Å²) in [5, 5.41) is 7.38. The van der Waals surface area contributed by atoms with Crippen molar-refractivity contribution in [2.45, 2.75) is 6.61 Å². The fourth-order valence-electron chi connectivity index (χ4n) is 1.45. The van der Waals surface area contributed by atoms with E-state index in [-0.39, 0.29) is 12.3 Å². The van der Waals surface area contributed by atoms with Crippen molar-refractivity contribution >= 4 is 5.69 Å². The predicted molar refractivity (Wildman–Crippen MR) is 62.7 cm³/mol. The molecule has 0 amide bonds. The van der Waals surface area contributed by atoms with Crippen molar-refractivity contribution in [1.29, 1.82) is 0 Å². The first kappa shape index (κ1) is 11.9.